The number of sulfone groups is 1. The molecule has 1 aromatic rings. The number of hydrogen-bond donors (Lipinski definition) is 2. The van der Waals surface area contributed by atoms with Gasteiger partial charge < -0.3 is 10.6 Å². The van der Waals surface area contributed by atoms with Crippen LogP contribution in [0.4, 0.5) is 4.79 Å². The van der Waals surface area contributed by atoms with Gasteiger partial charge >= 0.3 is 6.03 Å². The van der Waals surface area contributed by atoms with Gasteiger partial charge in [0.1, 0.15) is 12.1 Å². The smallest absolute Gasteiger partial charge is 0.325 e. The molecule has 0 bridgehead atoms. The van der Waals surface area contributed by atoms with Crippen LogP contribution < -0.4 is 10.6 Å². The van der Waals surface area contributed by atoms with E-state index in [0.717, 1.165) is 24.2 Å². The molecule has 3 rings (SSSR count). The summed E-state index contributed by atoms with van der Waals surface area (Å²) in [5.41, 5.74) is -0.868. The van der Waals surface area contributed by atoms with Crippen LogP contribution in [0.3, 0.4) is 0 Å². The molecule has 1 aromatic carbocycles. The second kappa shape index (κ2) is 9.16. The predicted molar refractivity (Wildman–Crippen MR) is 111 cm³/mol. The highest BCUT2D eigenvalue weighted by molar-refractivity contribution is 7.91. The Morgan fingerprint density at radius 3 is 2.50 bits per heavy atom. The van der Waals surface area contributed by atoms with Gasteiger partial charge in [-0.2, -0.15) is 0 Å². The fraction of sp³-hybridized carbons (Fsp3) is 0.571. The highest BCUT2D eigenvalue weighted by atomic mass is 32.2. The molecule has 1 aliphatic heterocycles. The Hall–Kier alpha value is -2.42. The molecule has 30 heavy (non-hydrogen) atoms. The highest BCUT2D eigenvalue weighted by Gasteiger charge is 2.52. The maximum Gasteiger partial charge on any atom is 0.325 e. The largest absolute Gasteiger partial charge is 0.355 e. The van der Waals surface area contributed by atoms with Crippen LogP contribution in [-0.2, 0) is 19.4 Å². The molecule has 1 heterocycles. The van der Waals surface area contributed by atoms with E-state index >= 15 is 0 Å². The molecule has 164 valence electrons. The minimum atomic E-state index is -3.40. The topological polar surface area (TPSA) is 113 Å². The normalized spacial score (nSPS) is 24.2. The number of benzene rings is 1. The van der Waals surface area contributed by atoms with Crippen molar-refractivity contribution in [3.8, 4) is 0 Å². The molecule has 2 N–H and O–H groups in total. The van der Waals surface area contributed by atoms with Crippen LogP contribution in [0.2, 0.25) is 0 Å². The Labute approximate surface area is 177 Å². The Morgan fingerprint density at radius 2 is 1.87 bits per heavy atom. The molecule has 0 radical (unpaired) electrons. The fourth-order valence-corrected chi connectivity index (χ4v) is 5.50. The summed E-state index contributed by atoms with van der Waals surface area (Å²) in [6.45, 7) is 1.92. The zero-order valence-electron chi connectivity index (χ0n) is 17.2. The molecule has 0 atom stereocenters. The lowest BCUT2D eigenvalue weighted by Gasteiger charge is -2.34. The van der Waals surface area contributed by atoms with Gasteiger partial charge in [-0.1, -0.05) is 31.5 Å². The minimum absolute atomic E-state index is 0.0951. The van der Waals surface area contributed by atoms with Crippen LogP contribution in [-0.4, -0.2) is 55.5 Å². The number of rotatable bonds is 8. The molecular weight excluding hydrogens is 406 g/mol. The van der Waals surface area contributed by atoms with Crippen molar-refractivity contribution in [2.45, 2.75) is 55.9 Å². The molecular formula is C21H29N3O5S. The van der Waals surface area contributed by atoms with E-state index in [1.54, 1.807) is 18.2 Å². The molecule has 1 saturated heterocycles. The van der Waals surface area contributed by atoms with Gasteiger partial charge in [0, 0.05) is 6.54 Å². The lowest BCUT2D eigenvalue weighted by molar-refractivity contribution is -0.136. The maximum atomic E-state index is 12.8. The molecule has 2 aliphatic rings. The SMILES string of the molecule is CCC1CCC2(CC1)NC(=O)N(CC(=O)NCCCS(=O)(=O)c1ccccc1)C2=O. The number of hydrogen-bond acceptors (Lipinski definition) is 5. The van der Waals surface area contributed by atoms with Gasteiger partial charge in [0.15, 0.2) is 9.84 Å². The third-order valence-electron chi connectivity index (χ3n) is 6.10. The summed E-state index contributed by atoms with van der Waals surface area (Å²) in [5.74, 6) is -0.328. The number of nitrogens with one attached hydrogen (secondary N) is 2. The van der Waals surface area contributed by atoms with Crippen molar-refractivity contribution in [2.24, 2.45) is 5.92 Å². The third-order valence-corrected chi connectivity index (χ3v) is 7.91. The second-order valence-corrected chi connectivity index (χ2v) is 10.2. The second-order valence-electron chi connectivity index (χ2n) is 8.09. The van der Waals surface area contributed by atoms with Crippen LogP contribution in [0.5, 0.6) is 0 Å². The van der Waals surface area contributed by atoms with Crippen molar-refractivity contribution < 1.29 is 22.8 Å². The zero-order chi connectivity index (χ0) is 21.8. The lowest BCUT2D eigenvalue weighted by Crippen LogP contribution is -2.50. The molecule has 0 aromatic heterocycles. The first-order chi connectivity index (χ1) is 14.3. The number of imide groups is 1. The van der Waals surface area contributed by atoms with Crippen LogP contribution in [0, 0.1) is 5.92 Å². The summed E-state index contributed by atoms with van der Waals surface area (Å²) < 4.78 is 24.5. The van der Waals surface area contributed by atoms with Gasteiger partial charge in [-0.3, -0.25) is 14.5 Å². The molecule has 0 unspecified atom stereocenters. The van der Waals surface area contributed by atoms with E-state index in [4.69, 9.17) is 0 Å². The highest BCUT2D eigenvalue weighted by Crippen LogP contribution is 2.37. The standard InChI is InChI=1S/C21H29N3O5S/c1-2-16-9-11-21(12-10-16)19(26)24(20(27)23-21)15-18(25)22-13-6-14-30(28,29)17-7-4-3-5-8-17/h3-5,7-8,16H,2,6,9-15H2,1H3,(H,22,25)(H,23,27). The van der Waals surface area contributed by atoms with Crippen molar-refractivity contribution in [3.63, 3.8) is 0 Å². The first-order valence-electron chi connectivity index (χ1n) is 10.5. The summed E-state index contributed by atoms with van der Waals surface area (Å²) in [5, 5.41) is 5.41. The summed E-state index contributed by atoms with van der Waals surface area (Å²) >= 11 is 0. The number of nitrogens with zero attached hydrogens (tertiary/aromatic N) is 1. The fourth-order valence-electron chi connectivity index (χ4n) is 4.17. The monoisotopic (exact) mass is 435 g/mol. The Balaban J connectivity index is 1.46. The van der Waals surface area contributed by atoms with Crippen molar-refractivity contribution in [1.29, 1.82) is 0 Å². The number of carbonyl (C=O) groups excluding carboxylic acids is 3. The van der Waals surface area contributed by atoms with Gasteiger partial charge in [0.25, 0.3) is 5.91 Å². The van der Waals surface area contributed by atoms with Crippen molar-refractivity contribution in [1.82, 2.24) is 15.5 Å². The average Bonchev–Trinajstić information content (AvgIpc) is 2.96. The Morgan fingerprint density at radius 1 is 1.20 bits per heavy atom. The summed E-state index contributed by atoms with van der Waals surface area (Å²) in [6, 6.07) is 7.61. The number of carbonyl (C=O) groups is 3. The van der Waals surface area contributed by atoms with Gasteiger partial charge in [-0.05, 0) is 50.2 Å². The zero-order valence-corrected chi connectivity index (χ0v) is 18.0. The molecule has 9 heteroatoms. The van der Waals surface area contributed by atoms with E-state index in [9.17, 15) is 22.8 Å². The van der Waals surface area contributed by atoms with E-state index in [-0.39, 0.29) is 36.1 Å². The van der Waals surface area contributed by atoms with E-state index in [2.05, 4.69) is 17.6 Å². The van der Waals surface area contributed by atoms with Crippen molar-refractivity contribution >= 4 is 27.7 Å². The van der Waals surface area contributed by atoms with Crippen LogP contribution in [0.1, 0.15) is 45.4 Å². The first-order valence-corrected chi connectivity index (χ1v) is 12.1. The summed E-state index contributed by atoms with van der Waals surface area (Å²) in [4.78, 5) is 38.6. The first kappa shape index (κ1) is 22.3. The quantitative estimate of drug-likeness (QED) is 0.478. The summed E-state index contributed by atoms with van der Waals surface area (Å²) in [6.07, 6.45) is 4.28. The molecule has 1 saturated carbocycles. The average molecular weight is 436 g/mol. The molecule has 1 spiro atoms. The Bertz CT molecular complexity index is 892. The summed E-state index contributed by atoms with van der Waals surface area (Å²) in [7, 11) is -3.40. The van der Waals surface area contributed by atoms with E-state index in [0.29, 0.717) is 18.8 Å². The van der Waals surface area contributed by atoms with E-state index in [1.165, 1.54) is 12.1 Å². The van der Waals surface area contributed by atoms with Gasteiger partial charge in [0.2, 0.25) is 5.91 Å². The van der Waals surface area contributed by atoms with E-state index < -0.39 is 27.3 Å². The number of urea groups is 1. The van der Waals surface area contributed by atoms with E-state index in [1.807, 2.05) is 0 Å². The molecule has 8 nitrogen and oxygen atoms in total. The Kier molecular flexibility index (Phi) is 6.80. The van der Waals surface area contributed by atoms with Gasteiger partial charge in [-0.25, -0.2) is 13.2 Å². The van der Waals surface area contributed by atoms with Crippen molar-refractivity contribution in [2.75, 3.05) is 18.8 Å². The van der Waals surface area contributed by atoms with Gasteiger partial charge in [0.05, 0.1) is 10.6 Å². The minimum Gasteiger partial charge on any atom is -0.355 e. The third kappa shape index (κ3) is 4.83. The maximum absolute atomic E-state index is 12.8. The molecule has 4 amide bonds. The van der Waals surface area contributed by atoms with Crippen molar-refractivity contribution in [3.05, 3.63) is 30.3 Å². The van der Waals surface area contributed by atoms with Crippen LogP contribution in [0.25, 0.3) is 0 Å². The van der Waals surface area contributed by atoms with Crippen LogP contribution in [0.15, 0.2) is 35.2 Å². The molecule has 2 fully saturated rings. The molecule has 1 aliphatic carbocycles. The van der Waals surface area contributed by atoms with Crippen LogP contribution >= 0.6 is 0 Å². The lowest BCUT2D eigenvalue weighted by atomic mass is 9.75. The van der Waals surface area contributed by atoms with Gasteiger partial charge in [-0.15, -0.1) is 0 Å². The predicted octanol–water partition coefficient (Wildman–Crippen LogP) is 1.86. The number of amides is 4.